The van der Waals surface area contributed by atoms with E-state index in [0.29, 0.717) is 5.69 Å². The zero-order valence-corrected chi connectivity index (χ0v) is 15.0. The van der Waals surface area contributed by atoms with E-state index < -0.39 is 5.91 Å². The van der Waals surface area contributed by atoms with E-state index in [1.807, 2.05) is 6.07 Å². The van der Waals surface area contributed by atoms with E-state index in [4.69, 9.17) is 4.42 Å². The Morgan fingerprint density at radius 2 is 1.78 bits per heavy atom. The number of amides is 3. The van der Waals surface area contributed by atoms with Crippen molar-refractivity contribution in [3.05, 3.63) is 54.5 Å². The van der Waals surface area contributed by atoms with Crippen LogP contribution in [0.25, 0.3) is 0 Å². The molecule has 1 heterocycles. The Hall–Kier alpha value is -3.09. The van der Waals surface area contributed by atoms with E-state index in [2.05, 4.69) is 10.6 Å². The monoisotopic (exact) mass is 369 g/mol. The fourth-order valence-corrected chi connectivity index (χ4v) is 3.16. The molecule has 2 N–H and O–H groups in total. The number of para-hydroxylation sites is 1. The van der Waals surface area contributed by atoms with Crippen molar-refractivity contribution in [2.75, 3.05) is 18.0 Å². The molecule has 0 saturated heterocycles. The second-order valence-corrected chi connectivity index (χ2v) is 6.52. The number of rotatable bonds is 7. The number of nitrogens with zero attached hydrogens (tertiary/aromatic N) is 1. The fraction of sp³-hybridized carbons (Fsp3) is 0.350. The predicted molar refractivity (Wildman–Crippen MR) is 100 cm³/mol. The molecule has 7 heteroatoms. The van der Waals surface area contributed by atoms with Gasteiger partial charge in [0.05, 0.1) is 12.8 Å². The third-order valence-corrected chi connectivity index (χ3v) is 4.54. The molecule has 0 atom stereocenters. The van der Waals surface area contributed by atoms with Crippen LogP contribution in [0.2, 0.25) is 0 Å². The standard InChI is InChI=1S/C20H23N3O4/c24-18(22-15-7-4-5-8-15)14-23(16-9-2-1-3-10-16)19(25)13-21-20(26)17-11-6-12-27-17/h1-3,6,9-12,15H,4-5,7-8,13-14H2,(H,21,26)(H,22,24). The quantitative estimate of drug-likeness (QED) is 0.782. The minimum absolute atomic E-state index is 0.0873. The molecule has 0 bridgehead atoms. The molecule has 1 aromatic heterocycles. The molecule has 1 fully saturated rings. The zero-order chi connectivity index (χ0) is 19.1. The topological polar surface area (TPSA) is 91.7 Å². The van der Waals surface area contributed by atoms with Gasteiger partial charge in [-0.1, -0.05) is 31.0 Å². The molecule has 142 valence electrons. The van der Waals surface area contributed by atoms with Crippen LogP contribution in [0.3, 0.4) is 0 Å². The van der Waals surface area contributed by atoms with Crippen molar-refractivity contribution in [1.82, 2.24) is 10.6 Å². The van der Waals surface area contributed by atoms with E-state index >= 15 is 0 Å². The van der Waals surface area contributed by atoms with Gasteiger partial charge in [-0.3, -0.25) is 14.4 Å². The SMILES string of the molecule is O=C(CN(C(=O)CNC(=O)c1ccco1)c1ccccc1)NC1CCCC1. The number of hydrogen-bond donors (Lipinski definition) is 2. The van der Waals surface area contributed by atoms with Crippen LogP contribution in [0, 0.1) is 0 Å². The summed E-state index contributed by atoms with van der Waals surface area (Å²) in [5.74, 6) is -0.913. The third-order valence-electron chi connectivity index (χ3n) is 4.54. The number of carbonyl (C=O) groups excluding carboxylic acids is 3. The Balaban J connectivity index is 1.63. The molecule has 3 amide bonds. The lowest BCUT2D eigenvalue weighted by Gasteiger charge is -2.23. The summed E-state index contributed by atoms with van der Waals surface area (Å²) in [4.78, 5) is 38.4. The maximum atomic E-state index is 12.7. The lowest BCUT2D eigenvalue weighted by atomic mass is 10.2. The normalized spacial score (nSPS) is 13.9. The summed E-state index contributed by atoms with van der Waals surface area (Å²) < 4.78 is 5.01. The maximum absolute atomic E-state index is 12.7. The first-order chi connectivity index (χ1) is 13.1. The highest BCUT2D eigenvalue weighted by atomic mass is 16.3. The van der Waals surface area contributed by atoms with Crippen LogP contribution in [0.1, 0.15) is 36.2 Å². The van der Waals surface area contributed by atoms with Gasteiger partial charge in [0, 0.05) is 11.7 Å². The van der Waals surface area contributed by atoms with Gasteiger partial charge >= 0.3 is 0 Å². The summed E-state index contributed by atoms with van der Waals surface area (Å²) in [5.41, 5.74) is 0.608. The first kappa shape index (κ1) is 18.7. The first-order valence-corrected chi connectivity index (χ1v) is 9.10. The van der Waals surface area contributed by atoms with E-state index in [-0.39, 0.29) is 36.7 Å². The average Bonchev–Trinajstić information content (AvgIpc) is 3.38. The lowest BCUT2D eigenvalue weighted by Crippen LogP contribution is -2.47. The van der Waals surface area contributed by atoms with Gasteiger partial charge in [-0.2, -0.15) is 0 Å². The maximum Gasteiger partial charge on any atom is 0.287 e. The minimum Gasteiger partial charge on any atom is -0.459 e. The molecule has 3 rings (SSSR count). The molecule has 7 nitrogen and oxygen atoms in total. The zero-order valence-electron chi connectivity index (χ0n) is 15.0. The molecule has 1 aromatic carbocycles. The van der Waals surface area contributed by atoms with Gasteiger partial charge < -0.3 is 20.0 Å². The Morgan fingerprint density at radius 3 is 2.44 bits per heavy atom. The largest absolute Gasteiger partial charge is 0.459 e. The Labute approximate surface area is 157 Å². The minimum atomic E-state index is -0.475. The van der Waals surface area contributed by atoms with Gasteiger partial charge in [0.15, 0.2) is 5.76 Å². The Morgan fingerprint density at radius 1 is 1.04 bits per heavy atom. The molecule has 0 unspecified atom stereocenters. The Kier molecular flexibility index (Phi) is 6.25. The summed E-state index contributed by atoms with van der Waals surface area (Å²) in [7, 11) is 0. The molecule has 27 heavy (non-hydrogen) atoms. The summed E-state index contributed by atoms with van der Waals surface area (Å²) in [5, 5.41) is 5.51. The van der Waals surface area contributed by atoms with Crippen molar-refractivity contribution in [2.24, 2.45) is 0 Å². The van der Waals surface area contributed by atoms with Crippen molar-refractivity contribution in [3.8, 4) is 0 Å². The van der Waals surface area contributed by atoms with Crippen LogP contribution in [0.15, 0.2) is 53.1 Å². The molecular weight excluding hydrogens is 346 g/mol. The van der Waals surface area contributed by atoms with E-state index in [9.17, 15) is 14.4 Å². The number of nitrogens with one attached hydrogen (secondary N) is 2. The number of anilines is 1. The van der Waals surface area contributed by atoms with Crippen LogP contribution in [0.5, 0.6) is 0 Å². The lowest BCUT2D eigenvalue weighted by molar-refractivity contribution is -0.123. The van der Waals surface area contributed by atoms with E-state index in [1.54, 1.807) is 30.3 Å². The second-order valence-electron chi connectivity index (χ2n) is 6.52. The third kappa shape index (κ3) is 5.20. The molecule has 1 aliphatic rings. The number of carbonyl (C=O) groups is 3. The molecule has 0 aliphatic heterocycles. The number of furan rings is 1. The van der Waals surface area contributed by atoms with Gasteiger partial charge in [0.2, 0.25) is 11.8 Å². The highest BCUT2D eigenvalue weighted by Gasteiger charge is 2.23. The summed E-state index contributed by atoms with van der Waals surface area (Å²) >= 11 is 0. The van der Waals surface area contributed by atoms with Crippen molar-refractivity contribution in [2.45, 2.75) is 31.7 Å². The van der Waals surface area contributed by atoms with Gasteiger partial charge in [-0.15, -0.1) is 0 Å². The van der Waals surface area contributed by atoms with Crippen LogP contribution in [-0.2, 0) is 9.59 Å². The van der Waals surface area contributed by atoms with E-state index in [1.165, 1.54) is 17.2 Å². The van der Waals surface area contributed by atoms with Crippen molar-refractivity contribution in [3.63, 3.8) is 0 Å². The Bertz CT molecular complexity index is 768. The van der Waals surface area contributed by atoms with Gasteiger partial charge in [0.25, 0.3) is 5.91 Å². The summed E-state index contributed by atoms with van der Waals surface area (Å²) in [6.45, 7) is -0.318. The van der Waals surface area contributed by atoms with Crippen LogP contribution >= 0.6 is 0 Å². The van der Waals surface area contributed by atoms with Crippen molar-refractivity contribution >= 4 is 23.4 Å². The number of hydrogen-bond acceptors (Lipinski definition) is 4. The average molecular weight is 369 g/mol. The highest BCUT2D eigenvalue weighted by Crippen LogP contribution is 2.18. The van der Waals surface area contributed by atoms with Crippen LogP contribution in [0.4, 0.5) is 5.69 Å². The summed E-state index contributed by atoms with van der Waals surface area (Å²) in [6.07, 6.45) is 5.57. The molecule has 0 spiro atoms. The first-order valence-electron chi connectivity index (χ1n) is 9.10. The summed E-state index contributed by atoms with van der Waals surface area (Å²) in [6, 6.07) is 12.2. The predicted octanol–water partition coefficient (Wildman–Crippen LogP) is 2.10. The van der Waals surface area contributed by atoms with Gasteiger partial charge in [-0.05, 0) is 37.1 Å². The smallest absolute Gasteiger partial charge is 0.287 e. The van der Waals surface area contributed by atoms with Gasteiger partial charge in [-0.25, -0.2) is 0 Å². The highest BCUT2D eigenvalue weighted by molar-refractivity contribution is 6.02. The number of benzene rings is 1. The molecule has 0 radical (unpaired) electrons. The van der Waals surface area contributed by atoms with Crippen LogP contribution in [-0.4, -0.2) is 36.9 Å². The van der Waals surface area contributed by atoms with E-state index in [0.717, 1.165) is 25.7 Å². The van der Waals surface area contributed by atoms with Crippen molar-refractivity contribution in [1.29, 1.82) is 0 Å². The molecule has 1 saturated carbocycles. The molecule has 2 aromatic rings. The molecular formula is C20H23N3O4. The molecule has 1 aliphatic carbocycles. The fourth-order valence-electron chi connectivity index (χ4n) is 3.16. The van der Waals surface area contributed by atoms with Crippen molar-refractivity contribution < 1.29 is 18.8 Å². The second kappa shape index (κ2) is 9.02. The van der Waals surface area contributed by atoms with Crippen LogP contribution < -0.4 is 15.5 Å². The van der Waals surface area contributed by atoms with Gasteiger partial charge in [0.1, 0.15) is 6.54 Å².